The minimum Gasteiger partial charge on any atom is -0.352 e. The van der Waals surface area contributed by atoms with Crippen molar-refractivity contribution in [1.29, 1.82) is 0 Å². The fraction of sp³-hybridized carbons (Fsp3) is 0.440. The molecule has 0 saturated heterocycles. The van der Waals surface area contributed by atoms with Gasteiger partial charge in [-0.1, -0.05) is 55.8 Å². The van der Waals surface area contributed by atoms with E-state index in [1.54, 1.807) is 0 Å². The van der Waals surface area contributed by atoms with Crippen molar-refractivity contribution in [1.82, 2.24) is 14.5 Å². The van der Waals surface area contributed by atoms with Crippen LogP contribution in [-0.4, -0.2) is 61.7 Å². The maximum absolute atomic E-state index is 13.4. The Labute approximate surface area is 208 Å². The van der Waals surface area contributed by atoms with Crippen LogP contribution in [0.5, 0.6) is 0 Å². The molecule has 1 N–H and O–H groups in total. The van der Waals surface area contributed by atoms with E-state index in [1.165, 1.54) is 36.2 Å². The molecular weight excluding hydrogens is 474 g/mol. The first-order chi connectivity index (χ1) is 16.1. The van der Waals surface area contributed by atoms with Gasteiger partial charge < -0.3 is 10.2 Å². The minimum atomic E-state index is -3.90. The zero-order valence-electron chi connectivity index (χ0n) is 20.2. The standard InChI is InChI=1S/C25H34ClN3O4S/c1-5-19(3)27-25(31)23(6-2)29(17-16-20-10-8-7-9-11-20)24(30)18-28(4)34(32,33)22-14-12-21(26)13-15-22/h7-15,19,23H,5-6,16-18H2,1-4H3,(H,27,31)/t19-,23-/m1/s1. The first kappa shape index (κ1) is 27.8. The summed E-state index contributed by atoms with van der Waals surface area (Å²) in [5, 5.41) is 3.37. The largest absolute Gasteiger partial charge is 0.352 e. The number of benzene rings is 2. The smallest absolute Gasteiger partial charge is 0.243 e. The zero-order chi connectivity index (χ0) is 25.3. The highest BCUT2D eigenvalue weighted by Gasteiger charge is 2.31. The maximum Gasteiger partial charge on any atom is 0.243 e. The number of nitrogens with zero attached hydrogens (tertiary/aromatic N) is 2. The van der Waals surface area contributed by atoms with Crippen LogP contribution in [-0.2, 0) is 26.0 Å². The van der Waals surface area contributed by atoms with Crippen molar-refractivity contribution >= 4 is 33.4 Å². The highest BCUT2D eigenvalue weighted by atomic mass is 35.5. The molecule has 0 fully saturated rings. The number of carbonyl (C=O) groups excluding carboxylic acids is 2. The molecule has 2 atom stereocenters. The molecule has 0 saturated carbocycles. The summed E-state index contributed by atoms with van der Waals surface area (Å²) < 4.78 is 26.9. The van der Waals surface area contributed by atoms with E-state index >= 15 is 0 Å². The van der Waals surface area contributed by atoms with Gasteiger partial charge in [0.1, 0.15) is 6.04 Å². The Morgan fingerprint density at radius 2 is 1.62 bits per heavy atom. The van der Waals surface area contributed by atoms with Crippen LogP contribution in [0, 0.1) is 0 Å². The van der Waals surface area contributed by atoms with Crippen LogP contribution >= 0.6 is 11.6 Å². The van der Waals surface area contributed by atoms with Gasteiger partial charge in [0, 0.05) is 24.7 Å². The summed E-state index contributed by atoms with van der Waals surface area (Å²) in [4.78, 5) is 27.9. The molecule has 0 radical (unpaired) electrons. The molecule has 2 amide bonds. The van der Waals surface area contributed by atoms with Crippen LogP contribution in [0.1, 0.15) is 39.2 Å². The van der Waals surface area contributed by atoms with E-state index in [-0.39, 0.29) is 23.4 Å². The topological polar surface area (TPSA) is 86.8 Å². The molecule has 0 aromatic heterocycles. The van der Waals surface area contributed by atoms with Crippen LogP contribution in [0.2, 0.25) is 5.02 Å². The summed E-state index contributed by atoms with van der Waals surface area (Å²) in [7, 11) is -2.54. The van der Waals surface area contributed by atoms with E-state index in [9.17, 15) is 18.0 Å². The number of likely N-dealkylation sites (N-methyl/N-ethyl adjacent to an activating group) is 1. The molecule has 9 heteroatoms. The minimum absolute atomic E-state index is 0.0272. The molecule has 2 aromatic rings. The van der Waals surface area contributed by atoms with Crippen LogP contribution in [0.3, 0.4) is 0 Å². The van der Waals surface area contributed by atoms with Crippen LogP contribution < -0.4 is 5.32 Å². The van der Waals surface area contributed by atoms with Gasteiger partial charge in [-0.25, -0.2) is 8.42 Å². The molecule has 0 aliphatic rings. The van der Waals surface area contributed by atoms with Crippen LogP contribution in [0.25, 0.3) is 0 Å². The van der Waals surface area contributed by atoms with E-state index < -0.39 is 22.0 Å². The summed E-state index contributed by atoms with van der Waals surface area (Å²) in [6, 6.07) is 14.7. The second kappa shape index (κ2) is 12.9. The Hall–Kier alpha value is -2.42. The third-order valence-corrected chi connectivity index (χ3v) is 7.82. The number of hydrogen-bond acceptors (Lipinski definition) is 4. The lowest BCUT2D eigenvalue weighted by Gasteiger charge is -2.32. The summed E-state index contributed by atoms with van der Waals surface area (Å²) in [5.74, 6) is -0.663. The number of sulfonamides is 1. The van der Waals surface area contributed by atoms with Gasteiger partial charge in [0.2, 0.25) is 21.8 Å². The molecule has 186 valence electrons. The lowest BCUT2D eigenvalue weighted by molar-refractivity contribution is -0.141. The fourth-order valence-corrected chi connectivity index (χ4v) is 4.74. The predicted octanol–water partition coefficient (Wildman–Crippen LogP) is 3.73. The average Bonchev–Trinajstić information content (AvgIpc) is 2.82. The third-order valence-electron chi connectivity index (χ3n) is 5.75. The maximum atomic E-state index is 13.4. The van der Waals surface area contributed by atoms with Crippen molar-refractivity contribution in [2.75, 3.05) is 20.1 Å². The SMILES string of the molecule is CC[C@@H](C)NC(=O)[C@@H](CC)N(CCc1ccccc1)C(=O)CN(C)S(=O)(=O)c1ccc(Cl)cc1. The number of rotatable bonds is 12. The fourth-order valence-electron chi connectivity index (χ4n) is 3.49. The Kier molecular flexibility index (Phi) is 10.5. The van der Waals surface area contributed by atoms with E-state index in [0.717, 1.165) is 16.3 Å². The Morgan fingerprint density at radius 1 is 1.00 bits per heavy atom. The Morgan fingerprint density at radius 3 is 2.18 bits per heavy atom. The molecule has 0 aliphatic heterocycles. The average molecular weight is 508 g/mol. The molecule has 34 heavy (non-hydrogen) atoms. The van der Waals surface area contributed by atoms with Gasteiger partial charge in [-0.3, -0.25) is 9.59 Å². The molecule has 0 heterocycles. The molecule has 0 unspecified atom stereocenters. The normalized spacial score (nSPS) is 13.4. The number of amides is 2. The van der Waals surface area contributed by atoms with Gasteiger partial charge in [-0.05, 0) is 56.0 Å². The number of hydrogen-bond donors (Lipinski definition) is 1. The van der Waals surface area contributed by atoms with Gasteiger partial charge >= 0.3 is 0 Å². The van der Waals surface area contributed by atoms with E-state index in [4.69, 9.17) is 11.6 Å². The molecule has 2 rings (SSSR count). The van der Waals surface area contributed by atoms with Crippen molar-refractivity contribution in [2.45, 2.75) is 57.0 Å². The lowest BCUT2D eigenvalue weighted by atomic mass is 10.1. The molecule has 0 bridgehead atoms. The molecule has 0 aliphatic carbocycles. The van der Waals surface area contributed by atoms with E-state index in [0.29, 0.717) is 24.4 Å². The summed E-state index contributed by atoms with van der Waals surface area (Å²) in [6.45, 7) is 5.64. The second-order valence-electron chi connectivity index (χ2n) is 8.28. The molecular formula is C25H34ClN3O4S. The van der Waals surface area contributed by atoms with Gasteiger partial charge in [0.05, 0.1) is 11.4 Å². The van der Waals surface area contributed by atoms with Crippen molar-refractivity contribution in [3.63, 3.8) is 0 Å². The van der Waals surface area contributed by atoms with E-state index in [1.807, 2.05) is 51.1 Å². The first-order valence-corrected chi connectivity index (χ1v) is 13.3. The Balaban J connectivity index is 2.25. The highest BCUT2D eigenvalue weighted by Crippen LogP contribution is 2.18. The van der Waals surface area contributed by atoms with Gasteiger partial charge in [-0.15, -0.1) is 0 Å². The summed E-state index contributed by atoms with van der Waals surface area (Å²) >= 11 is 5.87. The van der Waals surface area contributed by atoms with Crippen LogP contribution in [0.4, 0.5) is 0 Å². The van der Waals surface area contributed by atoms with Crippen LogP contribution in [0.15, 0.2) is 59.5 Å². The number of nitrogens with one attached hydrogen (secondary N) is 1. The van der Waals surface area contributed by atoms with E-state index in [2.05, 4.69) is 5.32 Å². The van der Waals surface area contributed by atoms with Gasteiger partial charge in [0.25, 0.3) is 0 Å². The predicted molar refractivity (Wildman–Crippen MR) is 135 cm³/mol. The monoisotopic (exact) mass is 507 g/mol. The lowest BCUT2D eigenvalue weighted by Crippen LogP contribution is -2.53. The number of carbonyl (C=O) groups is 2. The third kappa shape index (κ3) is 7.55. The summed E-state index contributed by atoms with van der Waals surface area (Å²) in [6.07, 6.45) is 1.73. The Bertz CT molecular complexity index is 1050. The van der Waals surface area contributed by atoms with Gasteiger partial charge in [0.15, 0.2) is 0 Å². The van der Waals surface area contributed by atoms with Crippen molar-refractivity contribution in [3.05, 3.63) is 65.2 Å². The number of halogens is 1. The quantitative estimate of drug-likeness (QED) is 0.474. The van der Waals surface area contributed by atoms with Gasteiger partial charge in [-0.2, -0.15) is 4.31 Å². The van der Waals surface area contributed by atoms with Crippen molar-refractivity contribution in [3.8, 4) is 0 Å². The first-order valence-electron chi connectivity index (χ1n) is 11.5. The zero-order valence-corrected chi connectivity index (χ0v) is 21.8. The molecule has 2 aromatic carbocycles. The molecule has 0 spiro atoms. The summed E-state index contributed by atoms with van der Waals surface area (Å²) in [5.41, 5.74) is 1.03. The van der Waals surface area contributed by atoms with Crippen molar-refractivity contribution < 1.29 is 18.0 Å². The highest BCUT2D eigenvalue weighted by molar-refractivity contribution is 7.89. The second-order valence-corrected chi connectivity index (χ2v) is 10.8. The van der Waals surface area contributed by atoms with Crippen molar-refractivity contribution in [2.24, 2.45) is 0 Å². The molecule has 7 nitrogen and oxygen atoms in total.